The lowest BCUT2D eigenvalue weighted by Gasteiger charge is -2.41. The summed E-state index contributed by atoms with van der Waals surface area (Å²) >= 11 is 0. The van der Waals surface area contributed by atoms with Crippen molar-refractivity contribution in [2.45, 2.75) is 57.3 Å². The molecule has 0 spiro atoms. The van der Waals surface area contributed by atoms with Gasteiger partial charge in [-0.2, -0.15) is 0 Å². The van der Waals surface area contributed by atoms with Gasteiger partial charge >= 0.3 is 5.97 Å². The van der Waals surface area contributed by atoms with Gasteiger partial charge in [-0.05, 0) is 19.8 Å². The topological polar surface area (TPSA) is 52.6 Å². The number of rotatable bonds is 1. The van der Waals surface area contributed by atoms with E-state index in [0.29, 0.717) is 25.7 Å². The summed E-state index contributed by atoms with van der Waals surface area (Å²) in [5.74, 6) is -0.156. The predicted octanol–water partition coefficient (Wildman–Crippen LogP) is 1.77. The molecule has 0 radical (unpaired) electrons. The Labute approximate surface area is 101 Å². The molecule has 4 heteroatoms. The number of Topliss-reactive ketones (excluding diaryl/α,β-unsaturated/α-hetero) is 1. The summed E-state index contributed by atoms with van der Waals surface area (Å²) in [6.07, 6.45) is 5.78. The van der Waals surface area contributed by atoms with Crippen molar-refractivity contribution in [2.75, 3.05) is 0 Å². The molecule has 0 aromatic rings. The molecular formula is C13H18O4. The normalized spacial score (nSPS) is 39.1. The van der Waals surface area contributed by atoms with E-state index in [1.54, 1.807) is 0 Å². The summed E-state index contributed by atoms with van der Waals surface area (Å²) in [5.41, 5.74) is -0.651. The third-order valence-electron chi connectivity index (χ3n) is 3.44. The Hall–Kier alpha value is -1.16. The molecule has 0 aromatic carbocycles. The number of hydrogen-bond acceptors (Lipinski definition) is 4. The van der Waals surface area contributed by atoms with Crippen molar-refractivity contribution in [3.05, 3.63) is 12.2 Å². The third kappa shape index (κ3) is 2.57. The zero-order chi connectivity index (χ0) is 12.5. The van der Waals surface area contributed by atoms with Gasteiger partial charge in [0, 0.05) is 19.8 Å². The number of hydrogen-bond donors (Lipinski definition) is 0. The second-order valence-electron chi connectivity index (χ2n) is 4.94. The highest BCUT2D eigenvalue weighted by Crippen LogP contribution is 2.33. The highest BCUT2D eigenvalue weighted by Gasteiger charge is 2.43. The van der Waals surface area contributed by atoms with E-state index in [9.17, 15) is 9.59 Å². The minimum atomic E-state index is -0.651. The number of esters is 1. The lowest BCUT2D eigenvalue weighted by Crippen LogP contribution is -2.50. The van der Waals surface area contributed by atoms with Gasteiger partial charge in [-0.1, -0.05) is 12.2 Å². The Morgan fingerprint density at radius 2 is 2.29 bits per heavy atom. The van der Waals surface area contributed by atoms with E-state index in [-0.39, 0.29) is 24.0 Å². The molecule has 1 fully saturated rings. The Bertz CT molecular complexity index is 360. The first-order chi connectivity index (χ1) is 8.01. The van der Waals surface area contributed by atoms with Gasteiger partial charge in [-0.25, -0.2) is 0 Å². The first kappa shape index (κ1) is 12.3. The van der Waals surface area contributed by atoms with E-state index in [1.165, 1.54) is 6.92 Å². The van der Waals surface area contributed by atoms with E-state index >= 15 is 0 Å². The maximum Gasteiger partial charge on any atom is 0.303 e. The van der Waals surface area contributed by atoms with Crippen LogP contribution in [-0.4, -0.2) is 29.6 Å². The van der Waals surface area contributed by atoms with Crippen LogP contribution in [-0.2, 0) is 19.1 Å². The molecule has 0 aromatic heterocycles. The first-order valence-corrected chi connectivity index (χ1v) is 6.04. The fraction of sp³-hybridized carbons (Fsp3) is 0.692. The first-order valence-electron chi connectivity index (χ1n) is 6.04. The number of fused-ring (bicyclic) bond motifs is 2. The summed E-state index contributed by atoms with van der Waals surface area (Å²) in [7, 11) is 0. The van der Waals surface area contributed by atoms with Crippen molar-refractivity contribution in [2.24, 2.45) is 0 Å². The van der Waals surface area contributed by atoms with Crippen LogP contribution in [0.4, 0.5) is 0 Å². The predicted molar refractivity (Wildman–Crippen MR) is 61.4 cm³/mol. The van der Waals surface area contributed by atoms with Gasteiger partial charge in [-0.15, -0.1) is 0 Å². The maximum absolute atomic E-state index is 11.6. The molecule has 1 saturated heterocycles. The SMILES string of the molecule is CC(=O)O[C@@]1(C)C/C=C/C[C@H]2O[C@@H]1CCC2=O. The van der Waals surface area contributed by atoms with E-state index < -0.39 is 5.60 Å². The molecule has 3 atom stereocenters. The molecule has 2 bridgehead atoms. The van der Waals surface area contributed by atoms with Gasteiger partial charge in [0.05, 0.1) is 6.10 Å². The van der Waals surface area contributed by atoms with Crippen LogP contribution in [0.15, 0.2) is 12.2 Å². The molecular weight excluding hydrogens is 220 g/mol. The van der Waals surface area contributed by atoms with E-state index in [2.05, 4.69) is 0 Å². The molecule has 17 heavy (non-hydrogen) atoms. The minimum absolute atomic E-state index is 0.151. The molecule has 0 unspecified atom stereocenters. The lowest BCUT2D eigenvalue weighted by atomic mass is 9.85. The third-order valence-corrected chi connectivity index (χ3v) is 3.44. The summed E-state index contributed by atoms with van der Waals surface area (Å²) in [5, 5.41) is 0. The van der Waals surface area contributed by atoms with Gasteiger partial charge in [0.15, 0.2) is 5.78 Å². The zero-order valence-electron chi connectivity index (χ0n) is 10.3. The van der Waals surface area contributed by atoms with Crippen LogP contribution in [0.1, 0.15) is 39.5 Å². The molecule has 0 amide bonds. The molecule has 94 valence electrons. The molecule has 2 aliphatic heterocycles. The Balaban J connectivity index is 2.22. The average molecular weight is 238 g/mol. The summed E-state index contributed by atoms with van der Waals surface area (Å²) in [6.45, 7) is 3.28. The van der Waals surface area contributed by atoms with Crippen LogP contribution in [0, 0.1) is 0 Å². The highest BCUT2D eigenvalue weighted by molar-refractivity contribution is 5.84. The van der Waals surface area contributed by atoms with E-state index in [4.69, 9.17) is 9.47 Å². The second kappa shape index (κ2) is 4.61. The average Bonchev–Trinajstić information content (AvgIpc) is 2.23. The largest absolute Gasteiger partial charge is 0.456 e. The number of ether oxygens (including phenoxy) is 2. The molecule has 0 aliphatic carbocycles. The monoisotopic (exact) mass is 238 g/mol. The molecule has 0 N–H and O–H groups in total. The summed E-state index contributed by atoms with van der Waals surface area (Å²) in [4.78, 5) is 22.8. The van der Waals surface area contributed by atoms with E-state index in [1.807, 2.05) is 19.1 Å². The van der Waals surface area contributed by atoms with Crippen LogP contribution in [0.2, 0.25) is 0 Å². The van der Waals surface area contributed by atoms with Gasteiger partial charge in [-0.3, -0.25) is 9.59 Å². The van der Waals surface area contributed by atoms with Crippen molar-refractivity contribution >= 4 is 11.8 Å². The van der Waals surface area contributed by atoms with Crippen molar-refractivity contribution in [1.82, 2.24) is 0 Å². The van der Waals surface area contributed by atoms with Gasteiger partial charge in [0.2, 0.25) is 0 Å². The summed E-state index contributed by atoms with van der Waals surface area (Å²) in [6, 6.07) is 0. The second-order valence-corrected chi connectivity index (χ2v) is 4.94. The van der Waals surface area contributed by atoms with Gasteiger partial charge < -0.3 is 9.47 Å². The molecule has 2 heterocycles. The summed E-state index contributed by atoms with van der Waals surface area (Å²) < 4.78 is 11.2. The number of carbonyl (C=O) groups is 2. The number of carbonyl (C=O) groups excluding carboxylic acids is 2. The maximum atomic E-state index is 11.6. The number of ketones is 1. The Morgan fingerprint density at radius 1 is 1.53 bits per heavy atom. The van der Waals surface area contributed by atoms with Gasteiger partial charge in [0.25, 0.3) is 0 Å². The smallest absolute Gasteiger partial charge is 0.303 e. The molecule has 2 aliphatic rings. The fourth-order valence-electron chi connectivity index (χ4n) is 2.52. The zero-order valence-corrected chi connectivity index (χ0v) is 10.3. The van der Waals surface area contributed by atoms with Gasteiger partial charge in [0.1, 0.15) is 11.7 Å². The molecule has 4 nitrogen and oxygen atoms in total. The Morgan fingerprint density at radius 3 is 3.00 bits per heavy atom. The van der Waals surface area contributed by atoms with Crippen LogP contribution in [0.3, 0.4) is 0 Å². The van der Waals surface area contributed by atoms with Crippen molar-refractivity contribution in [3.63, 3.8) is 0 Å². The minimum Gasteiger partial charge on any atom is -0.456 e. The van der Waals surface area contributed by atoms with Crippen LogP contribution < -0.4 is 0 Å². The standard InChI is InChI=1S/C13H18O4/c1-9(14)17-13(2)8-4-3-5-11-10(15)6-7-12(13)16-11/h3-4,11-12H,5-8H2,1-2H3/b4-3+/t11-,12-,13+/m1/s1. The van der Waals surface area contributed by atoms with Crippen molar-refractivity contribution in [1.29, 1.82) is 0 Å². The van der Waals surface area contributed by atoms with Crippen LogP contribution in [0.5, 0.6) is 0 Å². The van der Waals surface area contributed by atoms with Crippen molar-refractivity contribution in [3.8, 4) is 0 Å². The van der Waals surface area contributed by atoms with Crippen LogP contribution in [0.25, 0.3) is 0 Å². The van der Waals surface area contributed by atoms with E-state index in [0.717, 1.165) is 0 Å². The fourth-order valence-corrected chi connectivity index (χ4v) is 2.52. The molecule has 2 rings (SSSR count). The Kier molecular flexibility index (Phi) is 3.33. The molecule has 0 saturated carbocycles. The lowest BCUT2D eigenvalue weighted by molar-refractivity contribution is -0.189. The quantitative estimate of drug-likeness (QED) is 0.516. The van der Waals surface area contributed by atoms with Crippen LogP contribution >= 0.6 is 0 Å². The van der Waals surface area contributed by atoms with Crippen molar-refractivity contribution < 1.29 is 19.1 Å². The highest BCUT2D eigenvalue weighted by atomic mass is 16.6.